The Labute approximate surface area is 131 Å². The molecule has 1 nitrogen and oxygen atoms in total. The van der Waals surface area contributed by atoms with E-state index in [0.717, 1.165) is 22.9 Å². The highest BCUT2D eigenvalue weighted by atomic mass is 127. The summed E-state index contributed by atoms with van der Waals surface area (Å²) in [6.07, 6.45) is 11.0. The van der Waals surface area contributed by atoms with Crippen LogP contribution >= 0.6 is 0 Å². The molecule has 0 N–H and O–H groups in total. The van der Waals surface area contributed by atoms with Crippen molar-refractivity contribution < 1.29 is 28.5 Å². The normalized spacial score (nSPS) is 27.1. The third-order valence-electron chi connectivity index (χ3n) is 4.14. The Morgan fingerprint density at radius 2 is 1.89 bits per heavy atom. The number of hydrogen-bond acceptors (Lipinski definition) is 0. The average molecular weight is 363 g/mol. The summed E-state index contributed by atoms with van der Waals surface area (Å²) >= 11 is 0. The van der Waals surface area contributed by atoms with Gasteiger partial charge in [0.1, 0.15) is 6.54 Å². The lowest BCUT2D eigenvalue weighted by molar-refractivity contribution is -0.883. The van der Waals surface area contributed by atoms with E-state index >= 15 is 0 Å². The van der Waals surface area contributed by atoms with Crippen LogP contribution in [0.4, 0.5) is 0 Å². The zero-order chi connectivity index (χ0) is 13.1. The van der Waals surface area contributed by atoms with E-state index in [1.807, 2.05) is 0 Å². The molecule has 0 saturated heterocycles. The molecule has 0 aromatic carbocycles. The summed E-state index contributed by atoms with van der Waals surface area (Å²) < 4.78 is 0.974. The van der Waals surface area contributed by atoms with Crippen molar-refractivity contribution in [3.05, 3.63) is 0 Å². The van der Waals surface area contributed by atoms with E-state index in [1.54, 1.807) is 0 Å². The molecule has 0 aromatic rings. The highest BCUT2D eigenvalue weighted by molar-refractivity contribution is 4.84. The Bertz CT molecular complexity index is 288. The van der Waals surface area contributed by atoms with Crippen LogP contribution in [0, 0.1) is 29.6 Å². The predicted molar refractivity (Wildman–Crippen MR) is 75.6 cm³/mol. The van der Waals surface area contributed by atoms with Gasteiger partial charge < -0.3 is 28.5 Å². The van der Waals surface area contributed by atoms with Crippen molar-refractivity contribution in [1.29, 1.82) is 0 Å². The smallest absolute Gasteiger partial charge is 0.140 e. The van der Waals surface area contributed by atoms with E-state index in [-0.39, 0.29) is 24.0 Å². The summed E-state index contributed by atoms with van der Waals surface area (Å²) in [5.74, 6) is 4.59. The van der Waals surface area contributed by atoms with Gasteiger partial charge in [-0.05, 0) is 48.9 Å². The van der Waals surface area contributed by atoms with Crippen LogP contribution in [0.1, 0.15) is 46.5 Å². The molecule has 0 heterocycles. The highest BCUT2D eigenvalue weighted by Crippen LogP contribution is 2.42. The topological polar surface area (TPSA) is 0 Å². The first-order valence-electron chi connectivity index (χ1n) is 6.99. The third kappa shape index (κ3) is 6.43. The SMILES string of the molecule is C#CC[N+](C)(C)CCC1CC(C)CC(C)(C)C1.[I-]. The van der Waals surface area contributed by atoms with E-state index in [2.05, 4.69) is 40.8 Å². The third-order valence-corrected chi connectivity index (χ3v) is 4.14. The van der Waals surface area contributed by atoms with Gasteiger partial charge in [0.15, 0.2) is 0 Å². The predicted octanol–water partition coefficient (Wildman–Crippen LogP) is 0.553. The van der Waals surface area contributed by atoms with Crippen LogP contribution in [-0.2, 0) is 0 Å². The van der Waals surface area contributed by atoms with Crippen LogP contribution in [0.2, 0.25) is 0 Å². The molecule has 0 bridgehead atoms. The van der Waals surface area contributed by atoms with Gasteiger partial charge >= 0.3 is 0 Å². The van der Waals surface area contributed by atoms with Crippen molar-refractivity contribution in [2.75, 3.05) is 27.2 Å². The second kappa shape index (κ2) is 7.14. The van der Waals surface area contributed by atoms with Gasteiger partial charge in [-0.25, -0.2) is 0 Å². The van der Waals surface area contributed by atoms with E-state index in [1.165, 1.54) is 32.2 Å². The van der Waals surface area contributed by atoms with Crippen LogP contribution in [-0.4, -0.2) is 31.7 Å². The molecule has 18 heavy (non-hydrogen) atoms. The number of halogens is 1. The minimum absolute atomic E-state index is 0. The zero-order valence-corrected chi connectivity index (χ0v) is 15.0. The lowest BCUT2D eigenvalue weighted by atomic mass is 9.67. The van der Waals surface area contributed by atoms with Gasteiger partial charge in [-0.3, -0.25) is 0 Å². The molecule has 0 amide bonds. The van der Waals surface area contributed by atoms with E-state index in [0.29, 0.717) is 5.41 Å². The van der Waals surface area contributed by atoms with Crippen molar-refractivity contribution >= 4 is 0 Å². The van der Waals surface area contributed by atoms with Crippen LogP contribution in [0.3, 0.4) is 0 Å². The van der Waals surface area contributed by atoms with E-state index in [4.69, 9.17) is 6.42 Å². The van der Waals surface area contributed by atoms with Gasteiger partial charge in [-0.2, -0.15) is 0 Å². The zero-order valence-electron chi connectivity index (χ0n) is 12.8. The first kappa shape index (κ1) is 18.2. The fraction of sp³-hybridized carbons (Fsp3) is 0.875. The quantitative estimate of drug-likeness (QED) is 0.389. The summed E-state index contributed by atoms with van der Waals surface area (Å²) in [5, 5.41) is 0. The first-order valence-corrected chi connectivity index (χ1v) is 6.99. The van der Waals surface area contributed by atoms with E-state index < -0.39 is 0 Å². The maximum absolute atomic E-state index is 5.42. The first-order chi connectivity index (χ1) is 7.74. The van der Waals surface area contributed by atoms with Crippen LogP contribution in [0.15, 0.2) is 0 Å². The lowest BCUT2D eigenvalue weighted by Crippen LogP contribution is -3.00. The molecular weight excluding hydrogens is 333 g/mol. The second-order valence-electron chi connectivity index (χ2n) is 7.59. The molecule has 2 heteroatoms. The van der Waals surface area contributed by atoms with Gasteiger partial charge in [0.05, 0.1) is 20.6 Å². The van der Waals surface area contributed by atoms with Crippen molar-refractivity contribution in [3.8, 4) is 12.3 Å². The number of hydrogen-bond donors (Lipinski definition) is 0. The molecule has 0 aromatic heterocycles. The maximum Gasteiger partial charge on any atom is 0.140 e. The number of terminal acetylenes is 1. The molecule has 1 rings (SSSR count). The van der Waals surface area contributed by atoms with E-state index in [9.17, 15) is 0 Å². The molecule has 0 radical (unpaired) electrons. The van der Waals surface area contributed by atoms with Gasteiger partial charge in [0.25, 0.3) is 0 Å². The molecule has 1 aliphatic carbocycles. The molecular formula is C16H30IN. The Hall–Kier alpha value is 0.250. The van der Waals surface area contributed by atoms with Crippen molar-refractivity contribution in [3.63, 3.8) is 0 Å². The van der Waals surface area contributed by atoms with Crippen LogP contribution < -0.4 is 24.0 Å². The minimum Gasteiger partial charge on any atom is -1.00 e. The maximum atomic E-state index is 5.42. The molecule has 1 aliphatic rings. The fourth-order valence-corrected chi connectivity index (χ4v) is 3.62. The van der Waals surface area contributed by atoms with Crippen LogP contribution in [0.25, 0.3) is 0 Å². The molecule has 106 valence electrons. The lowest BCUT2D eigenvalue weighted by Gasteiger charge is -2.40. The Morgan fingerprint density at radius 3 is 2.39 bits per heavy atom. The van der Waals surface area contributed by atoms with Crippen molar-refractivity contribution in [2.45, 2.75) is 46.5 Å². The summed E-state index contributed by atoms with van der Waals surface area (Å²) in [6.45, 7) is 9.34. The second-order valence-corrected chi connectivity index (χ2v) is 7.59. The molecule has 0 aliphatic heterocycles. The Kier molecular flexibility index (Phi) is 7.24. The van der Waals surface area contributed by atoms with Gasteiger partial charge in [-0.1, -0.05) is 20.8 Å². The van der Waals surface area contributed by atoms with Gasteiger partial charge in [-0.15, -0.1) is 6.42 Å². The Balaban J connectivity index is 0.00000289. The monoisotopic (exact) mass is 363 g/mol. The molecule has 1 saturated carbocycles. The van der Waals surface area contributed by atoms with Gasteiger partial charge in [0.2, 0.25) is 0 Å². The van der Waals surface area contributed by atoms with Gasteiger partial charge in [0, 0.05) is 0 Å². The highest BCUT2D eigenvalue weighted by Gasteiger charge is 2.32. The molecule has 2 unspecified atom stereocenters. The van der Waals surface area contributed by atoms with Crippen LogP contribution in [0.5, 0.6) is 0 Å². The van der Waals surface area contributed by atoms with Crippen molar-refractivity contribution in [2.24, 2.45) is 17.3 Å². The molecule has 2 atom stereocenters. The standard InChI is InChI=1S/C16H30N.HI/c1-7-9-17(5,6)10-8-15-11-14(2)12-16(3,4)13-15;/h1,14-15H,8-13H2,2-6H3;1H/q+1;/p-1. The summed E-state index contributed by atoms with van der Waals surface area (Å²) in [6, 6.07) is 0. The van der Waals surface area contributed by atoms with Crippen molar-refractivity contribution in [1.82, 2.24) is 0 Å². The summed E-state index contributed by atoms with van der Waals surface area (Å²) in [4.78, 5) is 0. The summed E-state index contributed by atoms with van der Waals surface area (Å²) in [5.41, 5.74) is 0.547. The fourth-order valence-electron chi connectivity index (χ4n) is 3.62. The number of nitrogens with zero attached hydrogens (tertiary/aromatic N) is 1. The minimum atomic E-state index is 0. The molecule has 1 fully saturated rings. The largest absolute Gasteiger partial charge is 1.00 e. The Morgan fingerprint density at radius 1 is 1.28 bits per heavy atom. The molecule has 0 spiro atoms. The average Bonchev–Trinajstić information content (AvgIpc) is 2.11. The number of quaternary nitrogens is 1. The number of rotatable bonds is 4. The summed E-state index contributed by atoms with van der Waals surface area (Å²) in [7, 11) is 4.49.